The molecule has 1 atom stereocenters. The Morgan fingerprint density at radius 3 is 2.55 bits per heavy atom. The lowest BCUT2D eigenvalue weighted by atomic mass is 10.0. The van der Waals surface area contributed by atoms with Gasteiger partial charge in [-0.1, -0.05) is 18.2 Å². The molecule has 1 unspecified atom stereocenters. The number of piperidine rings is 1. The van der Waals surface area contributed by atoms with E-state index in [9.17, 15) is 9.59 Å². The number of carbonyl (C=O) groups is 1. The average molecular weight is 579 g/mol. The summed E-state index contributed by atoms with van der Waals surface area (Å²) in [6.07, 6.45) is 5.45. The van der Waals surface area contributed by atoms with Crippen molar-refractivity contribution >= 4 is 45.9 Å². The molecule has 10 nitrogen and oxygen atoms in total. The molecule has 5 heterocycles. The molecule has 0 amide bonds. The van der Waals surface area contributed by atoms with Crippen LogP contribution in [0.15, 0.2) is 76.8 Å². The molecule has 0 radical (unpaired) electrons. The molecule has 11 heteroatoms. The molecule has 4 N–H and O–H groups in total. The summed E-state index contributed by atoms with van der Waals surface area (Å²) in [4.78, 5) is 45.6. The highest BCUT2D eigenvalue weighted by Crippen LogP contribution is 2.36. The van der Waals surface area contributed by atoms with E-state index in [1.165, 1.54) is 4.57 Å². The van der Waals surface area contributed by atoms with Crippen molar-refractivity contribution in [3.63, 3.8) is 0 Å². The number of aromatic amines is 1. The van der Waals surface area contributed by atoms with Crippen LogP contribution in [0.5, 0.6) is 0 Å². The first kappa shape index (κ1) is 26.4. The normalized spacial score (nSPS) is 17.3. The minimum Gasteiger partial charge on any atom is -0.382 e. The number of aromatic nitrogens is 5. The number of aryl methyl sites for hydroxylation is 1. The Morgan fingerprint density at radius 1 is 0.976 bits per heavy atom. The van der Waals surface area contributed by atoms with Crippen molar-refractivity contribution in [1.29, 1.82) is 0 Å². The Kier molecular flexibility index (Phi) is 6.96. The van der Waals surface area contributed by atoms with Crippen LogP contribution in [0, 0.1) is 6.92 Å². The largest absolute Gasteiger partial charge is 0.382 e. The maximum atomic E-state index is 14.1. The van der Waals surface area contributed by atoms with Crippen molar-refractivity contribution in [3.05, 3.63) is 88.7 Å². The fourth-order valence-electron chi connectivity index (χ4n) is 5.66. The molecule has 3 aromatic heterocycles. The zero-order valence-corrected chi connectivity index (χ0v) is 23.9. The lowest BCUT2D eigenvalue weighted by Crippen LogP contribution is -2.35. The van der Waals surface area contributed by atoms with E-state index in [1.54, 1.807) is 30.4 Å². The van der Waals surface area contributed by atoms with E-state index in [1.807, 2.05) is 55.5 Å². The number of anilines is 3. The van der Waals surface area contributed by atoms with Gasteiger partial charge in [-0.25, -0.2) is 9.97 Å². The predicted octanol–water partition coefficient (Wildman–Crippen LogP) is 4.93. The third-order valence-corrected chi connectivity index (χ3v) is 9.02. The zero-order valence-electron chi connectivity index (χ0n) is 23.1. The molecule has 0 bridgehead atoms. The van der Waals surface area contributed by atoms with Crippen LogP contribution in [0.4, 0.5) is 17.3 Å². The number of carbonyl (C=O) groups excluding carboxylic acids is 1. The molecule has 1 saturated heterocycles. The van der Waals surface area contributed by atoms with Gasteiger partial charge < -0.3 is 20.9 Å². The number of benzene rings is 2. The summed E-state index contributed by atoms with van der Waals surface area (Å²) >= 11 is 1.57. The Labute approximate surface area is 246 Å². The van der Waals surface area contributed by atoms with Gasteiger partial charge in [-0.05, 0) is 69.3 Å². The van der Waals surface area contributed by atoms with Gasteiger partial charge >= 0.3 is 0 Å². The topological polar surface area (TPSA) is 130 Å². The number of hydrogen-bond acceptors (Lipinski definition) is 9. The number of fused-ring (bicyclic) bond motifs is 2. The second-order valence-corrected chi connectivity index (χ2v) is 11.7. The number of imidazole rings is 1. The minimum absolute atomic E-state index is 0.103. The molecule has 2 aromatic carbocycles. The summed E-state index contributed by atoms with van der Waals surface area (Å²) in [6.45, 7) is 3.93. The van der Waals surface area contributed by atoms with Crippen molar-refractivity contribution in [3.8, 4) is 11.3 Å². The van der Waals surface area contributed by atoms with Gasteiger partial charge in [-0.15, -0.1) is 11.8 Å². The van der Waals surface area contributed by atoms with E-state index in [4.69, 9.17) is 4.98 Å². The van der Waals surface area contributed by atoms with Crippen LogP contribution in [0.1, 0.15) is 34.9 Å². The van der Waals surface area contributed by atoms with Crippen LogP contribution in [0.2, 0.25) is 0 Å². The molecule has 0 aliphatic carbocycles. The number of pyridine rings is 1. The molecular weight excluding hydrogens is 548 g/mol. The number of hydrogen-bond donors (Lipinski definition) is 4. The van der Waals surface area contributed by atoms with Crippen LogP contribution in [-0.2, 0) is 0 Å². The standard InChI is InChI=1S/C31H30N8O2S/c1-18-27(35-17-34-18)24-14-19-15-33-31(37-21-8-6-20(7-9-21)36-22-10-12-32-13-11-22)38-29(19)39(30(24)41)25-16-42-26-5-3-2-4-23(26)28(25)40/h2-9,14-15,17,22,25,32,36H,10-13,16H2,1H3,(H,34,35)(H,33,37,38). The summed E-state index contributed by atoms with van der Waals surface area (Å²) in [5.74, 6) is 0.662. The molecule has 2 aliphatic rings. The van der Waals surface area contributed by atoms with Crippen molar-refractivity contribution in [2.24, 2.45) is 0 Å². The van der Waals surface area contributed by atoms with E-state index in [-0.39, 0.29) is 11.3 Å². The van der Waals surface area contributed by atoms with E-state index < -0.39 is 6.04 Å². The first-order valence-corrected chi connectivity index (χ1v) is 15.1. The fourth-order valence-corrected chi connectivity index (χ4v) is 6.80. The Hall–Kier alpha value is -4.48. The third kappa shape index (κ3) is 4.94. The summed E-state index contributed by atoms with van der Waals surface area (Å²) in [7, 11) is 0. The van der Waals surface area contributed by atoms with E-state index in [0.717, 1.165) is 47.9 Å². The average Bonchev–Trinajstić information content (AvgIpc) is 3.45. The smallest absolute Gasteiger partial charge is 0.262 e. The van der Waals surface area contributed by atoms with Crippen LogP contribution in [0.25, 0.3) is 22.3 Å². The molecule has 42 heavy (non-hydrogen) atoms. The molecular formula is C31H30N8O2S. The van der Waals surface area contributed by atoms with Crippen LogP contribution < -0.4 is 21.5 Å². The molecule has 1 fully saturated rings. The summed E-state index contributed by atoms with van der Waals surface area (Å²) in [5, 5.41) is 10.9. The number of thioether (sulfide) groups is 1. The zero-order chi connectivity index (χ0) is 28.6. The highest BCUT2D eigenvalue weighted by atomic mass is 32.2. The van der Waals surface area contributed by atoms with E-state index in [2.05, 4.69) is 30.9 Å². The maximum absolute atomic E-state index is 14.1. The van der Waals surface area contributed by atoms with Crippen molar-refractivity contribution in [2.45, 2.75) is 36.7 Å². The van der Waals surface area contributed by atoms with Gasteiger partial charge in [-0.2, -0.15) is 4.98 Å². The molecule has 0 saturated carbocycles. The third-order valence-electron chi connectivity index (χ3n) is 7.87. The number of ketones is 1. The molecule has 212 valence electrons. The highest BCUT2D eigenvalue weighted by Gasteiger charge is 2.32. The van der Waals surface area contributed by atoms with Gasteiger partial charge in [0.1, 0.15) is 11.7 Å². The predicted molar refractivity (Wildman–Crippen MR) is 166 cm³/mol. The van der Waals surface area contributed by atoms with Gasteiger partial charge in [0.2, 0.25) is 5.95 Å². The Balaban J connectivity index is 1.26. The van der Waals surface area contributed by atoms with Crippen molar-refractivity contribution < 1.29 is 4.79 Å². The van der Waals surface area contributed by atoms with Crippen LogP contribution in [-0.4, -0.2) is 55.2 Å². The number of rotatable bonds is 6. The molecule has 5 aromatic rings. The second kappa shape index (κ2) is 11.1. The number of nitrogens with one attached hydrogen (secondary N) is 4. The second-order valence-electron chi connectivity index (χ2n) is 10.6. The Morgan fingerprint density at radius 2 is 1.76 bits per heavy atom. The van der Waals surface area contributed by atoms with Gasteiger partial charge in [0.25, 0.3) is 5.56 Å². The summed E-state index contributed by atoms with van der Waals surface area (Å²) in [5.41, 5.74) is 4.31. The van der Waals surface area contributed by atoms with Crippen molar-refractivity contribution in [2.75, 3.05) is 29.5 Å². The number of Topliss-reactive ketones (excluding diaryl/α,β-unsaturated/α-hetero) is 1. The maximum Gasteiger partial charge on any atom is 0.262 e. The number of H-pyrrole nitrogens is 1. The first-order valence-electron chi connectivity index (χ1n) is 14.1. The Bertz CT molecular complexity index is 1840. The fraction of sp³-hybridized carbons (Fsp3) is 0.258. The first-order chi connectivity index (χ1) is 20.5. The molecule has 2 aliphatic heterocycles. The van der Waals surface area contributed by atoms with Gasteiger partial charge in [0, 0.05) is 50.9 Å². The monoisotopic (exact) mass is 578 g/mol. The van der Waals surface area contributed by atoms with E-state index in [0.29, 0.717) is 45.6 Å². The minimum atomic E-state index is -0.720. The quantitative estimate of drug-likeness (QED) is 0.222. The SMILES string of the molecule is Cc1[nH]cnc1-c1cc2cnc(Nc3ccc(NC4CCNCC4)cc3)nc2n(C2CSc3ccccc3C2=O)c1=O. The lowest BCUT2D eigenvalue weighted by molar-refractivity contribution is 0.0932. The van der Waals surface area contributed by atoms with Gasteiger partial charge in [0.05, 0.1) is 17.6 Å². The van der Waals surface area contributed by atoms with E-state index >= 15 is 0 Å². The summed E-state index contributed by atoms with van der Waals surface area (Å²) < 4.78 is 1.53. The van der Waals surface area contributed by atoms with Crippen LogP contribution >= 0.6 is 11.8 Å². The van der Waals surface area contributed by atoms with Crippen LogP contribution in [0.3, 0.4) is 0 Å². The number of nitrogens with zero attached hydrogens (tertiary/aromatic N) is 4. The van der Waals surface area contributed by atoms with Gasteiger partial charge in [-0.3, -0.25) is 14.2 Å². The molecule has 0 spiro atoms. The lowest BCUT2D eigenvalue weighted by Gasteiger charge is -2.26. The van der Waals surface area contributed by atoms with Gasteiger partial charge in [0.15, 0.2) is 5.78 Å². The molecule has 7 rings (SSSR count). The van der Waals surface area contributed by atoms with Crippen molar-refractivity contribution in [1.82, 2.24) is 29.8 Å². The highest BCUT2D eigenvalue weighted by molar-refractivity contribution is 7.99. The summed E-state index contributed by atoms with van der Waals surface area (Å²) in [6, 6.07) is 17.1.